The van der Waals surface area contributed by atoms with Gasteiger partial charge < -0.3 is 14.6 Å². The van der Waals surface area contributed by atoms with Crippen molar-refractivity contribution in [2.45, 2.75) is 137 Å². The van der Waals surface area contributed by atoms with Gasteiger partial charge in [0.1, 0.15) is 0 Å². The second-order valence-corrected chi connectivity index (χ2v) is 15.9. The van der Waals surface area contributed by atoms with Crippen LogP contribution in [0.4, 0.5) is 0 Å². The highest BCUT2D eigenvalue weighted by molar-refractivity contribution is 5.24. The lowest BCUT2D eigenvalue weighted by Gasteiger charge is -2.64. The van der Waals surface area contributed by atoms with Crippen molar-refractivity contribution in [2.75, 3.05) is 7.11 Å². The van der Waals surface area contributed by atoms with Gasteiger partial charge in [0.15, 0.2) is 0 Å². The molecule has 3 nitrogen and oxygen atoms in total. The molecule has 0 aromatic carbocycles. The van der Waals surface area contributed by atoms with Crippen LogP contribution in [-0.4, -0.2) is 36.1 Å². The van der Waals surface area contributed by atoms with Crippen LogP contribution in [0.15, 0.2) is 0 Å². The van der Waals surface area contributed by atoms with Gasteiger partial charge in [0.05, 0.1) is 23.9 Å². The number of methoxy groups -OCH3 is 1. The summed E-state index contributed by atoms with van der Waals surface area (Å²) >= 11 is 0. The molecule has 0 unspecified atom stereocenters. The van der Waals surface area contributed by atoms with Crippen LogP contribution in [0.1, 0.15) is 113 Å². The smallest absolute Gasteiger partial charge is 0.0987 e. The molecule has 1 heterocycles. The van der Waals surface area contributed by atoms with Crippen LogP contribution in [-0.2, 0) is 9.47 Å². The van der Waals surface area contributed by atoms with Crippen molar-refractivity contribution in [3.8, 4) is 0 Å². The second-order valence-electron chi connectivity index (χ2n) is 15.9. The van der Waals surface area contributed by atoms with Crippen molar-refractivity contribution in [2.24, 2.45) is 50.7 Å². The molecule has 5 saturated carbocycles. The van der Waals surface area contributed by atoms with Gasteiger partial charge in [-0.1, -0.05) is 48.5 Å². The molecule has 1 N–H and O–H groups in total. The number of rotatable bonds is 1. The van der Waals surface area contributed by atoms with E-state index in [4.69, 9.17) is 9.47 Å². The minimum Gasteiger partial charge on any atom is -0.393 e. The number of ether oxygens (including phenoxy) is 2. The molecule has 0 bridgehead atoms. The molecule has 11 atom stereocenters. The summed E-state index contributed by atoms with van der Waals surface area (Å²) in [7, 11) is 1.93. The molecule has 1 saturated heterocycles. The maximum Gasteiger partial charge on any atom is 0.0987 e. The fraction of sp³-hybridized carbons (Fsp3) is 1.00. The van der Waals surface area contributed by atoms with Crippen LogP contribution < -0.4 is 0 Å². The van der Waals surface area contributed by atoms with Crippen molar-refractivity contribution >= 4 is 0 Å². The third-order valence-electron chi connectivity index (χ3n) is 14.0. The van der Waals surface area contributed by atoms with Crippen molar-refractivity contribution in [3.63, 3.8) is 0 Å². The van der Waals surface area contributed by atoms with Gasteiger partial charge >= 0.3 is 0 Å². The zero-order chi connectivity index (χ0) is 24.5. The van der Waals surface area contributed by atoms with E-state index in [9.17, 15) is 5.11 Å². The maximum absolute atomic E-state index is 11.0. The van der Waals surface area contributed by atoms with Gasteiger partial charge in [0, 0.05) is 7.11 Å². The first-order valence-electron chi connectivity index (χ1n) is 14.6. The van der Waals surface area contributed by atoms with Crippen molar-refractivity contribution in [3.05, 3.63) is 0 Å². The molecule has 6 aliphatic rings. The average Bonchev–Trinajstić information content (AvgIpc) is 3.46. The third-order valence-corrected chi connectivity index (χ3v) is 14.0. The predicted molar refractivity (Wildman–Crippen MR) is 136 cm³/mol. The molecule has 1 aliphatic heterocycles. The number of aliphatic hydroxyl groups is 1. The van der Waals surface area contributed by atoms with Gasteiger partial charge in [-0.15, -0.1) is 0 Å². The summed E-state index contributed by atoms with van der Waals surface area (Å²) in [6, 6.07) is 0. The molecule has 6 rings (SSSR count). The van der Waals surface area contributed by atoms with Crippen molar-refractivity contribution in [1.82, 2.24) is 0 Å². The Morgan fingerprint density at radius 1 is 0.706 bits per heavy atom. The number of aliphatic hydroxyl groups excluding tert-OH is 1. The Morgan fingerprint density at radius 2 is 1.35 bits per heavy atom. The molecular formula is C31H52O3. The highest BCUT2D eigenvalue weighted by Gasteiger charge is 2.76. The molecule has 0 aromatic rings. The van der Waals surface area contributed by atoms with E-state index in [0.29, 0.717) is 40.3 Å². The Hall–Kier alpha value is -0.120. The monoisotopic (exact) mass is 472 g/mol. The molecular weight excluding hydrogens is 420 g/mol. The minimum absolute atomic E-state index is 0.00624. The lowest BCUT2D eigenvalue weighted by Crippen LogP contribution is -2.60. The number of fused-ring (bicyclic) bond motifs is 5. The zero-order valence-electron chi connectivity index (χ0n) is 23.4. The van der Waals surface area contributed by atoms with Crippen LogP contribution in [0.2, 0.25) is 0 Å². The first-order chi connectivity index (χ1) is 15.8. The molecule has 1 spiro atoms. The topological polar surface area (TPSA) is 42.0 Å². The van der Waals surface area contributed by atoms with Crippen LogP contribution in [0.25, 0.3) is 0 Å². The normalized spacial score (nSPS) is 59.4. The van der Waals surface area contributed by atoms with E-state index in [1.165, 1.54) is 57.8 Å². The first-order valence-corrected chi connectivity index (χ1v) is 14.6. The largest absolute Gasteiger partial charge is 0.393 e. The lowest BCUT2D eigenvalue weighted by atomic mass is 9.41. The molecule has 34 heavy (non-hydrogen) atoms. The van der Waals surface area contributed by atoms with E-state index in [1.54, 1.807) is 0 Å². The van der Waals surface area contributed by atoms with Gasteiger partial charge in [-0.2, -0.15) is 0 Å². The van der Waals surface area contributed by atoms with Gasteiger partial charge in [0.25, 0.3) is 0 Å². The summed E-state index contributed by atoms with van der Waals surface area (Å²) in [5.74, 6) is 2.76. The van der Waals surface area contributed by atoms with Crippen LogP contribution in [0.3, 0.4) is 0 Å². The summed E-state index contributed by atoms with van der Waals surface area (Å²) < 4.78 is 12.9. The van der Waals surface area contributed by atoms with Crippen LogP contribution in [0, 0.1) is 50.7 Å². The van der Waals surface area contributed by atoms with Crippen molar-refractivity contribution in [1.29, 1.82) is 0 Å². The van der Waals surface area contributed by atoms with E-state index < -0.39 is 0 Å². The van der Waals surface area contributed by atoms with Crippen LogP contribution in [0.5, 0.6) is 0 Å². The lowest BCUT2D eigenvalue weighted by molar-refractivity contribution is -0.180. The van der Waals surface area contributed by atoms with Gasteiger partial charge in [-0.3, -0.25) is 0 Å². The zero-order valence-corrected chi connectivity index (χ0v) is 23.4. The van der Waals surface area contributed by atoms with Gasteiger partial charge in [-0.25, -0.2) is 0 Å². The summed E-state index contributed by atoms with van der Waals surface area (Å²) in [5.41, 5.74) is 1.45. The molecule has 194 valence electrons. The summed E-state index contributed by atoms with van der Waals surface area (Å²) in [6.07, 6.45) is 13.2. The summed E-state index contributed by atoms with van der Waals surface area (Å²) in [5, 5.41) is 11.0. The van der Waals surface area contributed by atoms with E-state index in [0.717, 1.165) is 18.3 Å². The summed E-state index contributed by atoms with van der Waals surface area (Å²) in [6.45, 7) is 17.6. The molecule has 3 heteroatoms. The van der Waals surface area contributed by atoms with E-state index in [1.807, 2.05) is 7.11 Å². The highest BCUT2D eigenvalue weighted by Crippen LogP contribution is 2.76. The first kappa shape index (κ1) is 24.2. The quantitative estimate of drug-likeness (QED) is 0.418. The Labute approximate surface area is 209 Å². The minimum atomic E-state index is -0.166. The predicted octanol–water partition coefficient (Wildman–Crippen LogP) is 7.01. The molecule has 6 fully saturated rings. The van der Waals surface area contributed by atoms with Crippen molar-refractivity contribution < 1.29 is 14.6 Å². The van der Waals surface area contributed by atoms with Crippen LogP contribution >= 0.6 is 0 Å². The fourth-order valence-electron chi connectivity index (χ4n) is 12.4. The number of hydrogen-bond acceptors (Lipinski definition) is 3. The molecule has 0 amide bonds. The second kappa shape index (κ2) is 7.04. The van der Waals surface area contributed by atoms with E-state index >= 15 is 0 Å². The standard InChI is InChI=1S/C31H52O3/c1-26(2)22-17-25-31(34-25)18-28(5)14-11-19-27(3,4)24(33-8)13-16-29(19,6)20(28)9-10-21(31)30(22,7)15-12-23(26)32/h19-25,32H,9-18H2,1-8H3/t19-,20+,21-,22+,23+,24-,25+,28-,29-,30+,31-/m0/s1. The number of hydrogen-bond donors (Lipinski definition) is 1. The number of epoxide rings is 1. The van der Waals surface area contributed by atoms with Gasteiger partial charge in [-0.05, 0) is 115 Å². The highest BCUT2D eigenvalue weighted by atomic mass is 16.6. The Kier molecular flexibility index (Phi) is 5.02. The Balaban J connectivity index is 1.36. The average molecular weight is 473 g/mol. The molecule has 5 aliphatic carbocycles. The molecule has 0 radical (unpaired) electrons. The fourth-order valence-corrected chi connectivity index (χ4v) is 12.4. The maximum atomic E-state index is 11.0. The van der Waals surface area contributed by atoms with Gasteiger partial charge in [0.2, 0.25) is 0 Å². The molecule has 0 aromatic heterocycles. The summed E-state index contributed by atoms with van der Waals surface area (Å²) in [4.78, 5) is 0. The Morgan fingerprint density at radius 3 is 2.06 bits per heavy atom. The Bertz CT molecular complexity index is 850. The van der Waals surface area contributed by atoms with E-state index in [-0.39, 0.29) is 22.5 Å². The third kappa shape index (κ3) is 2.82. The SMILES string of the molecule is CO[C@H]1CC[C@]2(C)[C@@H]3CC[C@H]4[C@@]5(C)CC[C@@H](O)C(C)(C)[C@H]5C[C@H]5O[C@]54C[C@]3(C)CC[C@H]2C1(C)C. The van der Waals surface area contributed by atoms with E-state index in [2.05, 4.69) is 48.5 Å².